The molecule has 0 aromatic carbocycles. The lowest BCUT2D eigenvalue weighted by Gasteiger charge is -2.20. The maximum Gasteiger partial charge on any atom is 0.227 e. The minimum absolute atomic E-state index is 0.304. The number of fused-ring (bicyclic) bond motifs is 1. The van der Waals surface area contributed by atoms with Gasteiger partial charge in [0, 0.05) is 27.2 Å². The van der Waals surface area contributed by atoms with E-state index in [4.69, 9.17) is 4.74 Å². The van der Waals surface area contributed by atoms with E-state index < -0.39 is 0 Å². The molecule has 3 rings (SSSR count). The Bertz CT molecular complexity index is 546. The Kier molecular flexibility index (Phi) is 2.87. The molecule has 0 amide bonds. The first-order chi connectivity index (χ1) is 8.74. The Balaban J connectivity index is 1.80. The van der Waals surface area contributed by atoms with Crippen molar-refractivity contribution in [3.05, 3.63) is 12.5 Å². The van der Waals surface area contributed by atoms with Crippen LogP contribution in [0, 0.1) is 0 Å². The quantitative estimate of drug-likeness (QED) is 0.809. The van der Waals surface area contributed by atoms with Crippen molar-refractivity contribution in [2.45, 2.75) is 18.9 Å². The molecule has 1 aliphatic rings. The van der Waals surface area contributed by atoms with Gasteiger partial charge in [0.15, 0.2) is 5.65 Å². The third kappa shape index (κ3) is 2.03. The maximum absolute atomic E-state index is 5.62. The predicted molar refractivity (Wildman–Crippen MR) is 68.5 cm³/mol. The molecule has 1 fully saturated rings. The van der Waals surface area contributed by atoms with Crippen LogP contribution in [0.3, 0.4) is 0 Å². The number of ether oxygens (including phenoxy) is 1. The monoisotopic (exact) mass is 247 g/mol. The normalized spacial score (nSPS) is 19.6. The van der Waals surface area contributed by atoms with Crippen LogP contribution in [-0.2, 0) is 11.8 Å². The average Bonchev–Trinajstić information content (AvgIpc) is 2.99. The van der Waals surface area contributed by atoms with Crippen molar-refractivity contribution in [1.29, 1.82) is 0 Å². The van der Waals surface area contributed by atoms with Crippen molar-refractivity contribution in [3.8, 4) is 0 Å². The Labute approximate surface area is 106 Å². The van der Waals surface area contributed by atoms with Gasteiger partial charge in [0.25, 0.3) is 0 Å². The van der Waals surface area contributed by atoms with Gasteiger partial charge in [-0.3, -0.25) is 0 Å². The second-order valence-corrected chi connectivity index (χ2v) is 4.75. The maximum atomic E-state index is 5.62. The Morgan fingerprint density at radius 3 is 3.17 bits per heavy atom. The smallest absolute Gasteiger partial charge is 0.227 e. The van der Waals surface area contributed by atoms with E-state index in [-0.39, 0.29) is 0 Å². The number of hydrogen-bond acceptors (Lipinski definition) is 5. The van der Waals surface area contributed by atoms with E-state index in [1.165, 1.54) is 0 Å². The zero-order valence-electron chi connectivity index (χ0n) is 10.7. The summed E-state index contributed by atoms with van der Waals surface area (Å²) in [7, 11) is 3.93. The fourth-order valence-electron chi connectivity index (χ4n) is 2.26. The lowest BCUT2D eigenvalue weighted by atomic mass is 10.2. The van der Waals surface area contributed by atoms with E-state index in [1.807, 2.05) is 29.8 Å². The summed E-state index contributed by atoms with van der Waals surface area (Å²) in [6, 6.07) is 0. The molecular weight excluding hydrogens is 230 g/mol. The second kappa shape index (κ2) is 4.53. The molecule has 0 saturated carbocycles. The van der Waals surface area contributed by atoms with Crippen LogP contribution in [-0.4, -0.2) is 45.8 Å². The zero-order valence-corrected chi connectivity index (χ0v) is 10.7. The highest BCUT2D eigenvalue weighted by atomic mass is 16.5. The van der Waals surface area contributed by atoms with Gasteiger partial charge in [-0.15, -0.1) is 0 Å². The van der Waals surface area contributed by atoms with Crippen LogP contribution < -0.4 is 4.90 Å². The molecule has 96 valence electrons. The molecule has 1 aliphatic heterocycles. The Morgan fingerprint density at radius 2 is 2.39 bits per heavy atom. The highest BCUT2D eigenvalue weighted by Crippen LogP contribution is 2.16. The molecule has 6 nitrogen and oxygen atoms in total. The van der Waals surface area contributed by atoms with Gasteiger partial charge in [0.2, 0.25) is 5.95 Å². The molecule has 0 spiro atoms. The molecule has 0 aliphatic carbocycles. The highest BCUT2D eigenvalue weighted by Gasteiger charge is 2.19. The lowest BCUT2D eigenvalue weighted by Crippen LogP contribution is -2.29. The van der Waals surface area contributed by atoms with Gasteiger partial charge in [-0.2, -0.15) is 4.98 Å². The number of imidazole rings is 1. The number of hydrogen-bond donors (Lipinski definition) is 0. The van der Waals surface area contributed by atoms with E-state index in [1.54, 1.807) is 6.33 Å². The summed E-state index contributed by atoms with van der Waals surface area (Å²) in [6.45, 7) is 1.71. The van der Waals surface area contributed by atoms with Gasteiger partial charge in [-0.1, -0.05) is 0 Å². The van der Waals surface area contributed by atoms with Gasteiger partial charge < -0.3 is 14.2 Å². The van der Waals surface area contributed by atoms with Crippen LogP contribution in [0.15, 0.2) is 12.5 Å². The topological polar surface area (TPSA) is 56.1 Å². The third-order valence-electron chi connectivity index (χ3n) is 3.31. The van der Waals surface area contributed by atoms with Crippen LogP contribution in [0.4, 0.5) is 5.95 Å². The molecule has 0 radical (unpaired) electrons. The van der Waals surface area contributed by atoms with E-state index >= 15 is 0 Å². The third-order valence-corrected chi connectivity index (χ3v) is 3.31. The summed E-state index contributed by atoms with van der Waals surface area (Å²) in [6.07, 6.45) is 6.15. The van der Waals surface area contributed by atoms with E-state index in [2.05, 4.69) is 15.0 Å². The largest absolute Gasteiger partial charge is 0.376 e. The fourth-order valence-corrected chi connectivity index (χ4v) is 2.26. The minimum Gasteiger partial charge on any atom is -0.376 e. The van der Waals surface area contributed by atoms with Crippen LogP contribution in [0.1, 0.15) is 12.8 Å². The SMILES string of the molecule is CN(CC1CCCO1)c1ncc2c(ncn2C)n1. The zero-order chi connectivity index (χ0) is 12.5. The summed E-state index contributed by atoms with van der Waals surface area (Å²) < 4.78 is 7.54. The van der Waals surface area contributed by atoms with Crippen LogP contribution in [0.2, 0.25) is 0 Å². The molecule has 6 heteroatoms. The first-order valence-corrected chi connectivity index (χ1v) is 6.21. The van der Waals surface area contributed by atoms with E-state index in [0.29, 0.717) is 12.1 Å². The van der Waals surface area contributed by atoms with Crippen LogP contribution in [0.5, 0.6) is 0 Å². The molecular formula is C12H17N5O. The van der Waals surface area contributed by atoms with Crippen LogP contribution in [0.25, 0.3) is 11.2 Å². The average molecular weight is 247 g/mol. The number of aryl methyl sites for hydroxylation is 1. The fraction of sp³-hybridized carbons (Fsp3) is 0.583. The molecule has 18 heavy (non-hydrogen) atoms. The highest BCUT2D eigenvalue weighted by molar-refractivity contribution is 5.70. The molecule has 0 N–H and O–H groups in total. The molecule has 1 atom stereocenters. The number of rotatable bonds is 3. The van der Waals surface area contributed by atoms with Gasteiger partial charge in [0.1, 0.15) is 5.52 Å². The minimum atomic E-state index is 0.304. The van der Waals surface area contributed by atoms with Crippen molar-refractivity contribution >= 4 is 17.1 Å². The number of nitrogens with zero attached hydrogens (tertiary/aromatic N) is 5. The van der Waals surface area contributed by atoms with E-state index in [0.717, 1.165) is 37.2 Å². The summed E-state index contributed by atoms with van der Waals surface area (Å²) >= 11 is 0. The van der Waals surface area contributed by atoms with Gasteiger partial charge in [-0.05, 0) is 12.8 Å². The van der Waals surface area contributed by atoms with Crippen molar-refractivity contribution in [2.24, 2.45) is 7.05 Å². The van der Waals surface area contributed by atoms with Crippen molar-refractivity contribution in [3.63, 3.8) is 0 Å². The van der Waals surface area contributed by atoms with Crippen LogP contribution >= 0.6 is 0 Å². The predicted octanol–water partition coefficient (Wildman–Crippen LogP) is 0.978. The summed E-state index contributed by atoms with van der Waals surface area (Å²) in [4.78, 5) is 15.1. The van der Waals surface area contributed by atoms with Gasteiger partial charge in [-0.25, -0.2) is 9.97 Å². The molecule has 1 saturated heterocycles. The molecule has 2 aromatic rings. The summed E-state index contributed by atoms with van der Waals surface area (Å²) in [5.41, 5.74) is 1.69. The molecule has 2 aromatic heterocycles. The summed E-state index contributed by atoms with van der Waals surface area (Å²) in [5, 5.41) is 0. The number of likely N-dealkylation sites (N-methyl/N-ethyl adjacent to an activating group) is 1. The van der Waals surface area contributed by atoms with Gasteiger partial charge in [0.05, 0.1) is 18.6 Å². The van der Waals surface area contributed by atoms with Crippen molar-refractivity contribution < 1.29 is 4.74 Å². The molecule has 3 heterocycles. The second-order valence-electron chi connectivity index (χ2n) is 4.75. The lowest BCUT2D eigenvalue weighted by molar-refractivity contribution is 0.116. The Hall–Kier alpha value is -1.69. The van der Waals surface area contributed by atoms with Crippen molar-refractivity contribution in [1.82, 2.24) is 19.5 Å². The number of aromatic nitrogens is 4. The first-order valence-electron chi connectivity index (χ1n) is 6.21. The summed E-state index contributed by atoms with van der Waals surface area (Å²) in [5.74, 6) is 0.705. The Morgan fingerprint density at radius 1 is 1.50 bits per heavy atom. The molecule has 1 unspecified atom stereocenters. The number of anilines is 1. The standard InChI is InChI=1S/C12H17N5O/c1-16(7-9-4-3-5-18-9)12-13-6-10-11(15-12)14-8-17(10)2/h6,8-9H,3-5,7H2,1-2H3. The van der Waals surface area contributed by atoms with Gasteiger partial charge >= 0.3 is 0 Å². The van der Waals surface area contributed by atoms with Crippen molar-refractivity contribution in [2.75, 3.05) is 25.1 Å². The first kappa shape index (κ1) is 11.4. The molecule has 0 bridgehead atoms. The van der Waals surface area contributed by atoms with E-state index in [9.17, 15) is 0 Å².